The van der Waals surface area contributed by atoms with Crippen molar-refractivity contribution in [2.45, 2.75) is 26.7 Å². The molecule has 5 heteroatoms. The van der Waals surface area contributed by atoms with Crippen molar-refractivity contribution in [3.05, 3.63) is 65.2 Å². The number of nitrogens with one attached hydrogen (secondary N) is 2. The quantitative estimate of drug-likeness (QED) is 0.653. The zero-order valence-corrected chi connectivity index (χ0v) is 14.0. The van der Waals surface area contributed by atoms with Crippen molar-refractivity contribution in [3.8, 4) is 0 Å². The zero-order chi connectivity index (χ0) is 17.5. The third-order valence-electron chi connectivity index (χ3n) is 3.45. The smallest absolute Gasteiger partial charge is 0.271 e. The van der Waals surface area contributed by atoms with Gasteiger partial charge in [-0.25, -0.2) is 5.43 Å². The molecule has 0 saturated heterocycles. The van der Waals surface area contributed by atoms with Gasteiger partial charge in [0.15, 0.2) is 0 Å². The number of amides is 2. The third kappa shape index (κ3) is 5.05. The van der Waals surface area contributed by atoms with Crippen molar-refractivity contribution in [2.24, 2.45) is 5.10 Å². The van der Waals surface area contributed by atoms with Gasteiger partial charge in [0.2, 0.25) is 5.91 Å². The van der Waals surface area contributed by atoms with Gasteiger partial charge in [-0.1, -0.05) is 38.1 Å². The molecular weight excluding hydrogens is 302 g/mol. The Morgan fingerprint density at radius 2 is 1.62 bits per heavy atom. The van der Waals surface area contributed by atoms with Crippen LogP contribution >= 0.6 is 0 Å². The number of hydrogen-bond acceptors (Lipinski definition) is 3. The predicted molar refractivity (Wildman–Crippen MR) is 96.3 cm³/mol. The van der Waals surface area contributed by atoms with Gasteiger partial charge in [-0.3, -0.25) is 9.59 Å². The van der Waals surface area contributed by atoms with Gasteiger partial charge in [0.25, 0.3) is 5.91 Å². The molecule has 0 aliphatic rings. The largest absolute Gasteiger partial charge is 0.326 e. The van der Waals surface area contributed by atoms with E-state index in [0.717, 1.165) is 5.56 Å². The molecule has 0 saturated carbocycles. The Hall–Kier alpha value is -2.95. The summed E-state index contributed by atoms with van der Waals surface area (Å²) >= 11 is 0. The molecule has 0 radical (unpaired) electrons. The van der Waals surface area contributed by atoms with Crippen molar-refractivity contribution in [1.82, 2.24) is 5.43 Å². The fraction of sp³-hybridized carbons (Fsp3) is 0.211. The van der Waals surface area contributed by atoms with E-state index in [0.29, 0.717) is 17.2 Å². The molecule has 5 nitrogen and oxygen atoms in total. The van der Waals surface area contributed by atoms with Gasteiger partial charge in [-0.15, -0.1) is 0 Å². The Balaban J connectivity index is 1.93. The highest BCUT2D eigenvalue weighted by Crippen LogP contribution is 2.14. The molecule has 0 heterocycles. The number of nitrogens with zero attached hydrogens (tertiary/aromatic N) is 1. The summed E-state index contributed by atoms with van der Waals surface area (Å²) in [5, 5.41) is 6.62. The van der Waals surface area contributed by atoms with Gasteiger partial charge in [-0.2, -0.15) is 5.10 Å². The topological polar surface area (TPSA) is 70.6 Å². The van der Waals surface area contributed by atoms with E-state index in [-0.39, 0.29) is 11.8 Å². The average molecular weight is 323 g/mol. The first-order valence-corrected chi connectivity index (χ1v) is 7.76. The molecule has 2 rings (SSSR count). The Kier molecular flexibility index (Phi) is 5.84. The van der Waals surface area contributed by atoms with E-state index >= 15 is 0 Å². The highest BCUT2D eigenvalue weighted by molar-refractivity contribution is 5.96. The second kappa shape index (κ2) is 8.06. The summed E-state index contributed by atoms with van der Waals surface area (Å²) in [5.74, 6) is 0.0240. The van der Waals surface area contributed by atoms with E-state index in [1.165, 1.54) is 12.5 Å². The number of carbonyl (C=O) groups excluding carboxylic acids is 2. The van der Waals surface area contributed by atoms with Gasteiger partial charge in [0.1, 0.15) is 0 Å². The lowest BCUT2D eigenvalue weighted by molar-refractivity contribution is -0.114. The lowest BCUT2D eigenvalue weighted by atomic mass is 10.0. The zero-order valence-electron chi connectivity index (χ0n) is 14.0. The fourth-order valence-corrected chi connectivity index (χ4v) is 2.11. The first-order chi connectivity index (χ1) is 11.5. The van der Waals surface area contributed by atoms with E-state index in [9.17, 15) is 9.59 Å². The number of carbonyl (C=O) groups is 2. The molecule has 0 aliphatic heterocycles. The van der Waals surface area contributed by atoms with Crippen molar-refractivity contribution in [1.29, 1.82) is 0 Å². The van der Waals surface area contributed by atoms with Crippen molar-refractivity contribution in [3.63, 3.8) is 0 Å². The number of rotatable bonds is 5. The maximum Gasteiger partial charge on any atom is 0.271 e. The van der Waals surface area contributed by atoms with Crippen LogP contribution in [0.1, 0.15) is 48.2 Å². The Morgan fingerprint density at radius 1 is 1.00 bits per heavy atom. The monoisotopic (exact) mass is 323 g/mol. The number of hydrogen-bond donors (Lipinski definition) is 2. The highest BCUT2D eigenvalue weighted by Gasteiger charge is 2.04. The summed E-state index contributed by atoms with van der Waals surface area (Å²) in [6.07, 6.45) is 1.60. The fourth-order valence-electron chi connectivity index (χ4n) is 2.11. The molecule has 2 N–H and O–H groups in total. The highest BCUT2D eigenvalue weighted by atomic mass is 16.2. The van der Waals surface area contributed by atoms with Gasteiger partial charge in [-0.05, 0) is 41.3 Å². The van der Waals surface area contributed by atoms with Crippen LogP contribution in [-0.2, 0) is 4.79 Å². The second-order valence-corrected chi connectivity index (χ2v) is 5.78. The van der Waals surface area contributed by atoms with Crippen LogP contribution in [0.25, 0.3) is 0 Å². The lowest BCUT2D eigenvalue weighted by Crippen LogP contribution is -2.17. The minimum absolute atomic E-state index is 0.153. The van der Waals surface area contributed by atoms with Crippen LogP contribution in [0.4, 0.5) is 5.69 Å². The molecule has 2 amide bonds. The van der Waals surface area contributed by atoms with E-state index in [2.05, 4.69) is 41.8 Å². The number of hydrazone groups is 1. The molecule has 0 atom stereocenters. The summed E-state index contributed by atoms with van der Waals surface area (Å²) in [4.78, 5) is 23.0. The molecule has 24 heavy (non-hydrogen) atoms. The van der Waals surface area contributed by atoms with Crippen LogP contribution < -0.4 is 10.7 Å². The minimum Gasteiger partial charge on any atom is -0.326 e. The molecule has 0 bridgehead atoms. The van der Waals surface area contributed by atoms with Crippen LogP contribution in [-0.4, -0.2) is 18.0 Å². The summed E-state index contributed by atoms with van der Waals surface area (Å²) in [6, 6.07) is 14.6. The first-order valence-electron chi connectivity index (χ1n) is 7.76. The van der Waals surface area contributed by atoms with E-state index in [1.807, 2.05) is 12.1 Å². The lowest BCUT2D eigenvalue weighted by Gasteiger charge is -2.05. The maximum atomic E-state index is 12.0. The van der Waals surface area contributed by atoms with Crippen LogP contribution in [0.3, 0.4) is 0 Å². The van der Waals surface area contributed by atoms with Crippen LogP contribution in [0, 0.1) is 0 Å². The SMILES string of the molecule is CC(=O)Nc1ccc(C(=O)NN=Cc2ccc(C(C)C)cc2)cc1. The summed E-state index contributed by atoms with van der Waals surface area (Å²) in [6.45, 7) is 5.71. The second-order valence-electron chi connectivity index (χ2n) is 5.78. The Labute approximate surface area is 141 Å². The molecular formula is C19H21N3O2. The minimum atomic E-state index is -0.306. The molecule has 124 valence electrons. The number of anilines is 1. The molecule has 0 spiro atoms. The summed E-state index contributed by atoms with van der Waals surface area (Å²) in [5.41, 5.74) is 5.78. The molecule has 0 aliphatic carbocycles. The Bertz CT molecular complexity index is 732. The normalized spacial score (nSPS) is 10.8. The van der Waals surface area contributed by atoms with Crippen LogP contribution in [0.5, 0.6) is 0 Å². The summed E-state index contributed by atoms with van der Waals surface area (Å²) in [7, 11) is 0. The van der Waals surface area contributed by atoms with Gasteiger partial charge >= 0.3 is 0 Å². The average Bonchev–Trinajstić information content (AvgIpc) is 2.55. The van der Waals surface area contributed by atoms with E-state index < -0.39 is 0 Å². The van der Waals surface area contributed by atoms with E-state index in [1.54, 1.807) is 30.5 Å². The van der Waals surface area contributed by atoms with Gasteiger partial charge < -0.3 is 5.32 Å². The number of benzene rings is 2. The van der Waals surface area contributed by atoms with Crippen molar-refractivity contribution in [2.75, 3.05) is 5.32 Å². The van der Waals surface area contributed by atoms with Crippen LogP contribution in [0.2, 0.25) is 0 Å². The predicted octanol–water partition coefficient (Wildman–Crippen LogP) is 3.53. The molecule has 2 aromatic carbocycles. The maximum absolute atomic E-state index is 12.0. The first kappa shape index (κ1) is 17.4. The summed E-state index contributed by atoms with van der Waals surface area (Å²) < 4.78 is 0. The van der Waals surface area contributed by atoms with Gasteiger partial charge in [0.05, 0.1) is 6.21 Å². The molecule has 0 aromatic heterocycles. The van der Waals surface area contributed by atoms with Crippen LogP contribution in [0.15, 0.2) is 53.6 Å². The van der Waals surface area contributed by atoms with Crippen molar-refractivity contribution < 1.29 is 9.59 Å². The molecule has 0 fully saturated rings. The molecule has 2 aromatic rings. The molecule has 0 unspecified atom stereocenters. The third-order valence-corrected chi connectivity index (χ3v) is 3.45. The standard InChI is InChI=1S/C19H21N3O2/c1-13(2)16-6-4-15(5-7-16)12-20-22-19(24)17-8-10-18(11-9-17)21-14(3)23/h4-13H,1-3H3,(H,21,23)(H,22,24). The van der Waals surface area contributed by atoms with E-state index in [4.69, 9.17) is 0 Å². The van der Waals surface area contributed by atoms with Gasteiger partial charge in [0, 0.05) is 18.2 Å². The Morgan fingerprint density at radius 3 is 2.17 bits per heavy atom. The van der Waals surface area contributed by atoms with Crippen molar-refractivity contribution >= 4 is 23.7 Å².